The van der Waals surface area contributed by atoms with Crippen molar-refractivity contribution < 1.29 is 19.2 Å². The molecule has 0 spiro atoms. The van der Waals surface area contributed by atoms with Gasteiger partial charge in [-0.05, 0) is 12.8 Å². The zero-order valence-electron chi connectivity index (χ0n) is 15.3. The second-order valence-electron chi connectivity index (χ2n) is 6.82. The van der Waals surface area contributed by atoms with E-state index in [1.165, 1.54) is 13.2 Å². The third-order valence-electron chi connectivity index (χ3n) is 4.94. The zero-order chi connectivity index (χ0) is 19.1. The quantitative estimate of drug-likeness (QED) is 0.422. The van der Waals surface area contributed by atoms with Crippen LogP contribution in [0.5, 0.6) is 0 Å². The molecule has 0 saturated heterocycles. The molecule has 1 amide bonds. The monoisotopic (exact) mass is 362 g/mol. The summed E-state index contributed by atoms with van der Waals surface area (Å²) in [6, 6.07) is 6.37. The molecule has 0 radical (unpaired) electrons. The lowest BCUT2D eigenvalue weighted by molar-refractivity contribution is -0.385. The van der Waals surface area contributed by atoms with Crippen LogP contribution in [0.25, 0.3) is 0 Å². The minimum atomic E-state index is -0.468. The number of amides is 1. The van der Waals surface area contributed by atoms with E-state index < -0.39 is 10.8 Å². The van der Waals surface area contributed by atoms with Crippen LogP contribution in [0.3, 0.4) is 0 Å². The number of para-hydroxylation sites is 1. The summed E-state index contributed by atoms with van der Waals surface area (Å²) in [4.78, 5) is 37.3. The van der Waals surface area contributed by atoms with E-state index in [4.69, 9.17) is 4.74 Å². The number of nitrogens with zero attached hydrogens (tertiary/aromatic N) is 2. The molecule has 0 bridgehead atoms. The van der Waals surface area contributed by atoms with Crippen LogP contribution in [-0.2, 0) is 20.7 Å². The fourth-order valence-electron chi connectivity index (χ4n) is 3.52. The number of carbonyl (C=O) groups is 2. The summed E-state index contributed by atoms with van der Waals surface area (Å²) < 4.78 is 4.78. The standard InChI is InChI=1S/C19H26N2O5/c1-14(19(23)26-2)13-20(16-9-4-3-5-10-16)18(22)12-15-8-6-7-11-17(15)21(24)25/h6-8,11,14,16H,3-5,9-10,12-13H2,1-2H3. The fraction of sp³-hybridized carbons (Fsp3) is 0.579. The Morgan fingerprint density at radius 2 is 1.92 bits per heavy atom. The maximum atomic E-state index is 13.0. The van der Waals surface area contributed by atoms with Crippen LogP contribution in [0.2, 0.25) is 0 Å². The van der Waals surface area contributed by atoms with Crippen LogP contribution in [0.4, 0.5) is 5.69 Å². The average molecular weight is 362 g/mol. The predicted octanol–water partition coefficient (Wildman–Crippen LogP) is 3.11. The smallest absolute Gasteiger partial charge is 0.310 e. The minimum absolute atomic E-state index is 0.0401. The Labute approximate surface area is 153 Å². The van der Waals surface area contributed by atoms with Crippen molar-refractivity contribution in [2.24, 2.45) is 5.92 Å². The Morgan fingerprint density at radius 1 is 1.27 bits per heavy atom. The number of hydrogen-bond acceptors (Lipinski definition) is 5. The van der Waals surface area contributed by atoms with Gasteiger partial charge < -0.3 is 9.64 Å². The van der Waals surface area contributed by atoms with E-state index >= 15 is 0 Å². The van der Waals surface area contributed by atoms with Gasteiger partial charge in [0.1, 0.15) is 0 Å². The number of nitro groups is 1. The lowest BCUT2D eigenvalue weighted by Gasteiger charge is -2.35. The van der Waals surface area contributed by atoms with Crippen LogP contribution < -0.4 is 0 Å². The molecule has 0 heterocycles. The summed E-state index contributed by atoms with van der Waals surface area (Å²) >= 11 is 0. The number of rotatable bonds is 7. The van der Waals surface area contributed by atoms with E-state index in [2.05, 4.69) is 0 Å². The third-order valence-corrected chi connectivity index (χ3v) is 4.94. The Bertz CT molecular complexity index is 655. The second kappa shape index (κ2) is 9.31. The van der Waals surface area contributed by atoms with Gasteiger partial charge in [-0.2, -0.15) is 0 Å². The van der Waals surface area contributed by atoms with Gasteiger partial charge in [0.15, 0.2) is 0 Å². The fourth-order valence-corrected chi connectivity index (χ4v) is 3.52. The van der Waals surface area contributed by atoms with Crippen molar-refractivity contribution >= 4 is 17.6 Å². The summed E-state index contributed by atoms with van der Waals surface area (Å²) in [5.74, 6) is -0.970. The highest BCUT2D eigenvalue weighted by Crippen LogP contribution is 2.26. The zero-order valence-corrected chi connectivity index (χ0v) is 15.3. The number of carbonyl (C=O) groups excluding carboxylic acids is 2. The van der Waals surface area contributed by atoms with E-state index in [0.29, 0.717) is 5.56 Å². The first-order valence-corrected chi connectivity index (χ1v) is 9.03. The highest BCUT2D eigenvalue weighted by molar-refractivity contribution is 5.81. The Balaban J connectivity index is 2.19. The van der Waals surface area contributed by atoms with Crippen LogP contribution in [0, 0.1) is 16.0 Å². The molecule has 0 aliphatic heterocycles. The molecule has 26 heavy (non-hydrogen) atoms. The highest BCUT2D eigenvalue weighted by atomic mass is 16.6. The van der Waals surface area contributed by atoms with Gasteiger partial charge in [0.2, 0.25) is 5.91 Å². The molecule has 1 unspecified atom stereocenters. The number of esters is 1. The van der Waals surface area contributed by atoms with Crippen LogP contribution in [-0.4, -0.2) is 41.4 Å². The van der Waals surface area contributed by atoms with E-state index in [1.54, 1.807) is 30.0 Å². The van der Waals surface area contributed by atoms with Gasteiger partial charge in [0.05, 0.1) is 24.4 Å². The van der Waals surface area contributed by atoms with Gasteiger partial charge in [-0.25, -0.2) is 0 Å². The molecule has 7 nitrogen and oxygen atoms in total. The molecule has 0 aromatic heterocycles. The average Bonchev–Trinajstić information content (AvgIpc) is 2.66. The van der Waals surface area contributed by atoms with Crippen LogP contribution in [0.15, 0.2) is 24.3 Å². The van der Waals surface area contributed by atoms with Gasteiger partial charge in [-0.1, -0.05) is 44.4 Å². The lowest BCUT2D eigenvalue weighted by Crippen LogP contribution is -2.45. The van der Waals surface area contributed by atoms with Crippen molar-refractivity contribution in [2.75, 3.05) is 13.7 Å². The number of hydrogen-bond donors (Lipinski definition) is 0. The van der Waals surface area contributed by atoms with Gasteiger partial charge in [-0.3, -0.25) is 19.7 Å². The minimum Gasteiger partial charge on any atom is -0.469 e. The molecule has 1 aliphatic rings. The van der Waals surface area contributed by atoms with Crippen molar-refractivity contribution in [3.63, 3.8) is 0 Å². The first-order chi connectivity index (χ1) is 12.4. The number of benzene rings is 1. The molecule has 1 aliphatic carbocycles. The van der Waals surface area contributed by atoms with E-state index in [-0.39, 0.29) is 36.6 Å². The van der Waals surface area contributed by atoms with E-state index in [0.717, 1.165) is 32.1 Å². The van der Waals surface area contributed by atoms with Gasteiger partial charge in [0.25, 0.3) is 5.69 Å². The first-order valence-electron chi connectivity index (χ1n) is 9.03. The summed E-state index contributed by atoms with van der Waals surface area (Å²) in [5.41, 5.74) is 0.347. The van der Waals surface area contributed by atoms with Gasteiger partial charge in [-0.15, -0.1) is 0 Å². The summed E-state index contributed by atoms with van der Waals surface area (Å²) in [7, 11) is 1.33. The largest absolute Gasteiger partial charge is 0.469 e. The van der Waals surface area contributed by atoms with E-state index in [1.807, 2.05) is 0 Å². The first kappa shape index (κ1) is 19.9. The second-order valence-corrected chi connectivity index (χ2v) is 6.82. The van der Waals surface area contributed by atoms with Crippen LogP contribution >= 0.6 is 0 Å². The maximum absolute atomic E-state index is 13.0. The predicted molar refractivity (Wildman–Crippen MR) is 96.6 cm³/mol. The molecule has 1 aromatic carbocycles. The molecule has 1 atom stereocenters. The van der Waals surface area contributed by atoms with Crippen LogP contribution in [0.1, 0.15) is 44.6 Å². The number of methoxy groups -OCH3 is 1. The van der Waals surface area contributed by atoms with Gasteiger partial charge in [0, 0.05) is 24.2 Å². The van der Waals surface area contributed by atoms with Gasteiger partial charge >= 0.3 is 5.97 Å². The summed E-state index contributed by atoms with van der Waals surface area (Å²) in [6.07, 6.45) is 5.00. The summed E-state index contributed by atoms with van der Waals surface area (Å²) in [5, 5.41) is 11.2. The molecule has 7 heteroatoms. The molecule has 1 aromatic rings. The van der Waals surface area contributed by atoms with Crippen molar-refractivity contribution in [1.29, 1.82) is 0 Å². The SMILES string of the molecule is COC(=O)C(C)CN(C(=O)Cc1ccccc1[N+](=O)[O-])C1CCCCC1. The topological polar surface area (TPSA) is 89.8 Å². The highest BCUT2D eigenvalue weighted by Gasteiger charge is 2.30. The molecule has 1 fully saturated rings. The molecule has 142 valence electrons. The Morgan fingerprint density at radius 3 is 2.54 bits per heavy atom. The number of ether oxygens (including phenoxy) is 1. The third kappa shape index (κ3) is 5.03. The molecular formula is C19H26N2O5. The molecular weight excluding hydrogens is 336 g/mol. The molecule has 2 rings (SSSR count). The van der Waals surface area contributed by atoms with Crippen molar-refractivity contribution in [1.82, 2.24) is 4.90 Å². The molecule has 0 N–H and O–H groups in total. The lowest BCUT2D eigenvalue weighted by atomic mass is 9.93. The number of nitro benzene ring substituents is 1. The molecule has 1 saturated carbocycles. The van der Waals surface area contributed by atoms with Crippen molar-refractivity contribution in [2.45, 2.75) is 51.5 Å². The Kier molecular flexibility index (Phi) is 7.12. The van der Waals surface area contributed by atoms with E-state index in [9.17, 15) is 19.7 Å². The normalized spacial score (nSPS) is 15.9. The van der Waals surface area contributed by atoms with Crippen molar-refractivity contribution in [3.05, 3.63) is 39.9 Å². The van der Waals surface area contributed by atoms with Crippen molar-refractivity contribution in [3.8, 4) is 0 Å². The Hall–Kier alpha value is -2.44. The summed E-state index contributed by atoms with van der Waals surface area (Å²) in [6.45, 7) is 2.01. The maximum Gasteiger partial charge on any atom is 0.310 e.